The summed E-state index contributed by atoms with van der Waals surface area (Å²) in [5, 5.41) is 0. The Balaban J connectivity index is 2.35. The molecule has 1 heterocycles. The Kier molecular flexibility index (Phi) is 2.90. The van der Waals surface area contributed by atoms with Gasteiger partial charge in [-0.1, -0.05) is 34.7 Å². The van der Waals surface area contributed by atoms with Gasteiger partial charge in [-0.2, -0.15) is 0 Å². The van der Waals surface area contributed by atoms with Crippen LogP contribution in [0.4, 0.5) is 5.69 Å². The summed E-state index contributed by atoms with van der Waals surface area (Å²) in [4.78, 5) is 13.4. The topological polar surface area (TPSA) is 29.5 Å². The number of anilines is 1. The lowest BCUT2D eigenvalue weighted by Gasteiger charge is -2.28. The molecule has 0 N–H and O–H groups in total. The van der Waals surface area contributed by atoms with E-state index in [0.29, 0.717) is 17.6 Å². The van der Waals surface area contributed by atoms with Crippen LogP contribution in [0.5, 0.6) is 5.75 Å². The monoisotopic (exact) mass is 303 g/mol. The van der Waals surface area contributed by atoms with Crippen LogP contribution in [0.2, 0.25) is 0 Å². The van der Waals surface area contributed by atoms with Crippen molar-refractivity contribution in [1.82, 2.24) is 0 Å². The minimum Gasteiger partial charge on any atom is -0.490 e. The maximum atomic E-state index is 11.6. The third-order valence-corrected chi connectivity index (χ3v) is 2.80. The standard InChI is InChI=1S/C10H10INO2/c11-7-10(13)12-5-6-14-9-4-2-1-3-8(9)12/h1-4H,5-7H2. The van der Waals surface area contributed by atoms with Crippen molar-refractivity contribution in [1.29, 1.82) is 0 Å². The highest BCUT2D eigenvalue weighted by molar-refractivity contribution is 14.1. The van der Waals surface area contributed by atoms with Gasteiger partial charge in [0, 0.05) is 0 Å². The summed E-state index contributed by atoms with van der Waals surface area (Å²) < 4.78 is 5.96. The summed E-state index contributed by atoms with van der Waals surface area (Å²) in [5.41, 5.74) is 0.889. The molecule has 0 aliphatic carbocycles. The van der Waals surface area contributed by atoms with Gasteiger partial charge < -0.3 is 9.64 Å². The fourth-order valence-corrected chi connectivity index (χ4v) is 1.91. The van der Waals surface area contributed by atoms with Crippen molar-refractivity contribution in [3.05, 3.63) is 24.3 Å². The zero-order chi connectivity index (χ0) is 9.97. The van der Waals surface area contributed by atoms with Crippen LogP contribution < -0.4 is 9.64 Å². The van der Waals surface area contributed by atoms with Crippen LogP contribution in [0.3, 0.4) is 0 Å². The molecule has 4 heteroatoms. The molecular weight excluding hydrogens is 293 g/mol. The van der Waals surface area contributed by atoms with Crippen LogP contribution in [0, 0.1) is 0 Å². The minimum atomic E-state index is 0.140. The molecule has 1 aromatic rings. The van der Waals surface area contributed by atoms with Gasteiger partial charge in [0.1, 0.15) is 12.4 Å². The van der Waals surface area contributed by atoms with Gasteiger partial charge in [0.15, 0.2) is 0 Å². The highest BCUT2D eigenvalue weighted by atomic mass is 127. The molecule has 1 aliphatic rings. The molecule has 3 nitrogen and oxygen atoms in total. The van der Waals surface area contributed by atoms with Crippen LogP contribution in [-0.4, -0.2) is 23.5 Å². The Morgan fingerprint density at radius 3 is 3.07 bits per heavy atom. The van der Waals surface area contributed by atoms with E-state index in [1.807, 2.05) is 24.3 Å². The van der Waals surface area contributed by atoms with Crippen LogP contribution in [0.1, 0.15) is 0 Å². The molecule has 1 aliphatic heterocycles. The SMILES string of the molecule is O=C(CI)N1CCOc2ccccc21. The Hall–Kier alpha value is -0.780. The van der Waals surface area contributed by atoms with Crippen molar-refractivity contribution in [2.24, 2.45) is 0 Å². The zero-order valence-electron chi connectivity index (χ0n) is 7.57. The molecule has 0 atom stereocenters. The summed E-state index contributed by atoms with van der Waals surface area (Å²) >= 11 is 2.08. The fourth-order valence-electron chi connectivity index (χ4n) is 1.50. The molecule has 0 radical (unpaired) electrons. The van der Waals surface area contributed by atoms with Gasteiger partial charge in [-0.05, 0) is 12.1 Å². The number of carbonyl (C=O) groups is 1. The number of para-hydroxylation sites is 2. The summed E-state index contributed by atoms with van der Waals surface area (Å²) in [6.07, 6.45) is 0. The van der Waals surface area contributed by atoms with Crippen molar-refractivity contribution in [3.63, 3.8) is 0 Å². The quantitative estimate of drug-likeness (QED) is 0.585. The number of amides is 1. The summed E-state index contributed by atoms with van der Waals surface area (Å²) in [6, 6.07) is 7.64. The first-order chi connectivity index (χ1) is 6.83. The van der Waals surface area contributed by atoms with Gasteiger partial charge in [-0.3, -0.25) is 4.79 Å². The molecule has 14 heavy (non-hydrogen) atoms. The van der Waals surface area contributed by atoms with Gasteiger partial charge in [-0.25, -0.2) is 0 Å². The summed E-state index contributed by atoms with van der Waals surface area (Å²) in [5.74, 6) is 0.943. The Bertz CT molecular complexity index is 354. The van der Waals surface area contributed by atoms with E-state index in [1.165, 1.54) is 0 Å². The third-order valence-electron chi connectivity index (χ3n) is 2.14. The fraction of sp³-hybridized carbons (Fsp3) is 0.300. The molecule has 74 valence electrons. The number of fused-ring (bicyclic) bond motifs is 1. The van der Waals surface area contributed by atoms with E-state index in [9.17, 15) is 4.79 Å². The van der Waals surface area contributed by atoms with Crippen LogP contribution in [0.25, 0.3) is 0 Å². The lowest BCUT2D eigenvalue weighted by Crippen LogP contribution is -2.38. The number of hydrogen-bond donors (Lipinski definition) is 0. The number of ether oxygens (including phenoxy) is 1. The normalized spacial score (nSPS) is 14.5. The van der Waals surface area contributed by atoms with E-state index < -0.39 is 0 Å². The first kappa shape index (κ1) is 9.76. The molecule has 0 fully saturated rings. The lowest BCUT2D eigenvalue weighted by atomic mass is 10.2. The van der Waals surface area contributed by atoms with Crippen molar-refractivity contribution in [2.45, 2.75) is 0 Å². The number of rotatable bonds is 1. The maximum absolute atomic E-state index is 11.6. The average molecular weight is 303 g/mol. The molecule has 1 aromatic carbocycles. The number of benzene rings is 1. The second kappa shape index (κ2) is 4.16. The number of halogens is 1. The molecule has 1 amide bonds. The van der Waals surface area contributed by atoms with E-state index in [4.69, 9.17) is 4.74 Å². The number of nitrogens with zero attached hydrogens (tertiary/aromatic N) is 1. The third kappa shape index (κ3) is 1.70. The minimum absolute atomic E-state index is 0.140. The number of carbonyl (C=O) groups excluding carboxylic acids is 1. The highest BCUT2D eigenvalue weighted by Gasteiger charge is 2.21. The van der Waals surface area contributed by atoms with E-state index in [-0.39, 0.29) is 5.91 Å². The zero-order valence-corrected chi connectivity index (χ0v) is 9.73. The molecular formula is C10H10INO2. The molecule has 0 unspecified atom stereocenters. The van der Waals surface area contributed by atoms with Gasteiger partial charge in [-0.15, -0.1) is 0 Å². The first-order valence-corrected chi connectivity index (χ1v) is 5.93. The van der Waals surface area contributed by atoms with Gasteiger partial charge >= 0.3 is 0 Å². The second-order valence-corrected chi connectivity index (χ2v) is 3.76. The average Bonchev–Trinajstić information content (AvgIpc) is 2.27. The molecule has 2 rings (SSSR count). The predicted molar refractivity (Wildman–Crippen MR) is 63.2 cm³/mol. The number of hydrogen-bond acceptors (Lipinski definition) is 2. The van der Waals surface area contributed by atoms with Crippen LogP contribution in [-0.2, 0) is 4.79 Å². The Morgan fingerprint density at radius 2 is 2.29 bits per heavy atom. The summed E-state index contributed by atoms with van der Waals surface area (Å²) in [6.45, 7) is 1.23. The van der Waals surface area contributed by atoms with Crippen LogP contribution >= 0.6 is 22.6 Å². The van der Waals surface area contributed by atoms with Crippen LogP contribution in [0.15, 0.2) is 24.3 Å². The molecule has 0 aromatic heterocycles. The predicted octanol–water partition coefficient (Wildman–Crippen LogP) is 1.85. The van der Waals surface area contributed by atoms with E-state index >= 15 is 0 Å². The first-order valence-electron chi connectivity index (χ1n) is 4.41. The second-order valence-electron chi connectivity index (χ2n) is 3.00. The lowest BCUT2D eigenvalue weighted by molar-refractivity contribution is -0.116. The Morgan fingerprint density at radius 1 is 1.50 bits per heavy atom. The van der Waals surface area contributed by atoms with Gasteiger partial charge in [0.25, 0.3) is 0 Å². The van der Waals surface area contributed by atoms with Gasteiger partial charge in [0.2, 0.25) is 5.91 Å². The van der Waals surface area contributed by atoms with Crippen molar-refractivity contribution >= 4 is 34.2 Å². The van der Waals surface area contributed by atoms with E-state index in [0.717, 1.165) is 11.4 Å². The number of alkyl halides is 1. The molecule has 0 spiro atoms. The molecule has 0 saturated heterocycles. The van der Waals surface area contributed by atoms with Crippen molar-refractivity contribution in [2.75, 3.05) is 22.5 Å². The molecule has 0 bridgehead atoms. The van der Waals surface area contributed by atoms with Crippen molar-refractivity contribution < 1.29 is 9.53 Å². The Labute approximate surface area is 96.2 Å². The smallest absolute Gasteiger partial charge is 0.237 e. The molecule has 0 saturated carbocycles. The summed E-state index contributed by atoms with van der Waals surface area (Å²) in [7, 11) is 0. The van der Waals surface area contributed by atoms with E-state index in [2.05, 4.69) is 22.6 Å². The maximum Gasteiger partial charge on any atom is 0.237 e. The van der Waals surface area contributed by atoms with Crippen molar-refractivity contribution in [3.8, 4) is 5.75 Å². The van der Waals surface area contributed by atoms with E-state index in [1.54, 1.807) is 4.90 Å². The largest absolute Gasteiger partial charge is 0.490 e. The van der Waals surface area contributed by atoms with Gasteiger partial charge in [0.05, 0.1) is 16.7 Å². The highest BCUT2D eigenvalue weighted by Crippen LogP contribution is 2.30.